The fraction of sp³-hybridized carbons (Fsp3) is 0.619. The van der Waals surface area contributed by atoms with Gasteiger partial charge in [-0.15, -0.1) is 0 Å². The second-order valence-electron chi connectivity index (χ2n) is 8.33. The molecule has 1 heterocycles. The highest BCUT2D eigenvalue weighted by Crippen LogP contribution is 2.37. The molecule has 7 heteroatoms. The molecule has 0 aromatic heterocycles. The summed E-state index contributed by atoms with van der Waals surface area (Å²) in [6, 6.07) is 4.97. The number of benzene rings is 1. The average molecular weight is 389 g/mol. The molecular weight excluding hydrogens is 358 g/mol. The Morgan fingerprint density at radius 1 is 1.39 bits per heavy atom. The van der Waals surface area contributed by atoms with E-state index in [9.17, 15) is 14.7 Å². The number of nitrogens with one attached hydrogen (secondary N) is 1. The number of para-hydroxylation sites is 1. The summed E-state index contributed by atoms with van der Waals surface area (Å²) < 4.78 is 6.36. The van der Waals surface area contributed by atoms with Crippen molar-refractivity contribution in [1.29, 1.82) is 0 Å². The van der Waals surface area contributed by atoms with Crippen molar-refractivity contribution < 1.29 is 19.4 Å². The van der Waals surface area contributed by atoms with Crippen LogP contribution in [0, 0.1) is 11.8 Å². The number of likely N-dealkylation sites (N-methyl/N-ethyl adjacent to an activating group) is 1. The third-order valence-electron chi connectivity index (χ3n) is 5.44. The van der Waals surface area contributed by atoms with Gasteiger partial charge in [0.15, 0.2) is 5.75 Å². The highest BCUT2D eigenvalue weighted by Gasteiger charge is 2.35. The number of rotatable bonds is 6. The van der Waals surface area contributed by atoms with Crippen LogP contribution in [-0.4, -0.2) is 72.7 Å². The Morgan fingerprint density at radius 3 is 2.71 bits per heavy atom. The number of aliphatic hydroxyl groups excluding tert-OH is 1. The van der Waals surface area contributed by atoms with E-state index in [1.54, 1.807) is 23.1 Å². The number of anilines is 1. The number of carbonyl (C=O) groups excluding carboxylic acids is 2. The van der Waals surface area contributed by atoms with Gasteiger partial charge in [-0.05, 0) is 46.0 Å². The summed E-state index contributed by atoms with van der Waals surface area (Å²) >= 11 is 0. The van der Waals surface area contributed by atoms with Crippen molar-refractivity contribution in [2.24, 2.45) is 11.8 Å². The van der Waals surface area contributed by atoms with Crippen molar-refractivity contribution in [3.05, 3.63) is 23.8 Å². The van der Waals surface area contributed by atoms with E-state index < -0.39 is 0 Å². The molecule has 1 aliphatic carbocycles. The van der Waals surface area contributed by atoms with Crippen LogP contribution in [0.15, 0.2) is 18.2 Å². The molecule has 7 nitrogen and oxygen atoms in total. The zero-order valence-corrected chi connectivity index (χ0v) is 17.1. The number of ether oxygens (including phenoxy) is 1. The minimum Gasteiger partial charge on any atom is -0.486 e. The van der Waals surface area contributed by atoms with Crippen LogP contribution in [0.4, 0.5) is 5.69 Å². The Bertz CT molecular complexity index is 732. The van der Waals surface area contributed by atoms with E-state index in [4.69, 9.17) is 4.74 Å². The monoisotopic (exact) mass is 389 g/mol. The molecule has 3 atom stereocenters. The van der Waals surface area contributed by atoms with Crippen molar-refractivity contribution in [2.75, 3.05) is 39.1 Å². The first-order valence-corrected chi connectivity index (χ1v) is 9.98. The normalized spacial score (nSPS) is 23.5. The largest absolute Gasteiger partial charge is 0.486 e. The zero-order chi connectivity index (χ0) is 20.4. The first-order chi connectivity index (χ1) is 13.3. The Morgan fingerprint density at radius 2 is 2.11 bits per heavy atom. The molecule has 2 amide bonds. The lowest BCUT2D eigenvalue weighted by Gasteiger charge is -2.38. The minimum atomic E-state index is -0.300. The summed E-state index contributed by atoms with van der Waals surface area (Å²) in [4.78, 5) is 29.4. The van der Waals surface area contributed by atoms with Crippen molar-refractivity contribution in [3.8, 4) is 5.75 Å². The van der Waals surface area contributed by atoms with Crippen molar-refractivity contribution in [1.82, 2.24) is 9.80 Å². The second-order valence-corrected chi connectivity index (χ2v) is 8.33. The highest BCUT2D eigenvalue weighted by atomic mass is 16.5. The molecule has 1 fully saturated rings. The van der Waals surface area contributed by atoms with Gasteiger partial charge in [-0.3, -0.25) is 9.59 Å². The number of hydrogen-bond acceptors (Lipinski definition) is 5. The van der Waals surface area contributed by atoms with Crippen molar-refractivity contribution >= 4 is 17.5 Å². The lowest BCUT2D eigenvalue weighted by atomic mass is 9.99. The zero-order valence-electron chi connectivity index (χ0n) is 17.1. The van der Waals surface area contributed by atoms with Crippen LogP contribution in [-0.2, 0) is 4.79 Å². The van der Waals surface area contributed by atoms with Crippen molar-refractivity contribution in [2.45, 2.75) is 38.8 Å². The maximum Gasteiger partial charge on any atom is 0.258 e. The molecule has 1 aliphatic heterocycles. The van der Waals surface area contributed by atoms with Gasteiger partial charge in [0.05, 0.1) is 23.9 Å². The summed E-state index contributed by atoms with van der Waals surface area (Å²) in [7, 11) is 3.96. The summed E-state index contributed by atoms with van der Waals surface area (Å²) in [5, 5.41) is 12.6. The van der Waals surface area contributed by atoms with E-state index in [0.717, 1.165) is 12.8 Å². The molecule has 28 heavy (non-hydrogen) atoms. The Balaban J connectivity index is 2.02. The Hall–Kier alpha value is -2.12. The number of nitrogens with zero attached hydrogens (tertiary/aromatic N) is 2. The molecule has 0 radical (unpaired) electrons. The highest BCUT2D eigenvalue weighted by molar-refractivity contribution is 6.02. The Kier molecular flexibility index (Phi) is 6.25. The van der Waals surface area contributed by atoms with E-state index in [1.165, 1.54) is 0 Å². The molecule has 0 spiro atoms. The third kappa shape index (κ3) is 4.47. The lowest BCUT2D eigenvalue weighted by molar-refractivity contribution is -0.117. The summed E-state index contributed by atoms with van der Waals surface area (Å²) in [6.07, 6.45) is 1.65. The van der Waals surface area contributed by atoms with Crippen LogP contribution in [0.2, 0.25) is 0 Å². The molecule has 1 aromatic rings. The fourth-order valence-corrected chi connectivity index (χ4v) is 3.50. The van der Waals surface area contributed by atoms with E-state index in [-0.39, 0.29) is 42.4 Å². The summed E-state index contributed by atoms with van der Waals surface area (Å²) in [5.74, 6) is 0.330. The summed E-state index contributed by atoms with van der Waals surface area (Å²) in [5.41, 5.74) is 0.960. The van der Waals surface area contributed by atoms with Crippen LogP contribution in [0.5, 0.6) is 5.75 Å². The molecule has 2 N–H and O–H groups in total. The maximum absolute atomic E-state index is 13.3. The average Bonchev–Trinajstić information content (AvgIpc) is 3.49. The predicted octanol–water partition coefficient (Wildman–Crippen LogP) is 1.82. The standard InChI is InChI=1S/C21H31N3O4/c1-13-10-24(14(2)12-25)21(27)16-6-5-7-17(22-20(26)15-8-9-15)19(16)28-18(13)11-23(3)4/h5-7,13-15,18,25H,8-12H2,1-4H3,(H,22,26)/t13-,14-,18-/m0/s1. The first-order valence-electron chi connectivity index (χ1n) is 9.98. The van der Waals surface area contributed by atoms with Crippen LogP contribution in [0.25, 0.3) is 0 Å². The maximum atomic E-state index is 13.3. The van der Waals surface area contributed by atoms with Gasteiger partial charge in [0.1, 0.15) is 6.10 Å². The topological polar surface area (TPSA) is 82.1 Å². The molecule has 154 valence electrons. The van der Waals surface area contributed by atoms with Crippen LogP contribution in [0.3, 0.4) is 0 Å². The third-order valence-corrected chi connectivity index (χ3v) is 5.44. The van der Waals surface area contributed by atoms with Gasteiger partial charge in [0.25, 0.3) is 5.91 Å². The smallest absolute Gasteiger partial charge is 0.258 e. The molecule has 1 saturated carbocycles. The van der Waals surface area contributed by atoms with E-state index >= 15 is 0 Å². The summed E-state index contributed by atoms with van der Waals surface area (Å²) in [6.45, 7) is 4.96. The number of amides is 2. The molecule has 0 saturated heterocycles. The van der Waals surface area contributed by atoms with E-state index in [0.29, 0.717) is 30.1 Å². The van der Waals surface area contributed by atoms with Gasteiger partial charge in [-0.2, -0.15) is 0 Å². The van der Waals surface area contributed by atoms with Crippen LogP contribution >= 0.6 is 0 Å². The number of hydrogen-bond donors (Lipinski definition) is 2. The van der Waals surface area contributed by atoms with E-state index in [2.05, 4.69) is 17.1 Å². The molecular formula is C21H31N3O4. The number of aliphatic hydroxyl groups is 1. The lowest BCUT2D eigenvalue weighted by Crippen LogP contribution is -2.49. The van der Waals surface area contributed by atoms with Gasteiger partial charge in [0.2, 0.25) is 5.91 Å². The van der Waals surface area contributed by atoms with Gasteiger partial charge in [0, 0.05) is 24.9 Å². The van der Waals surface area contributed by atoms with Crippen LogP contribution in [0.1, 0.15) is 37.0 Å². The van der Waals surface area contributed by atoms with Gasteiger partial charge in [-0.1, -0.05) is 13.0 Å². The number of carbonyl (C=O) groups is 2. The van der Waals surface area contributed by atoms with Crippen LogP contribution < -0.4 is 10.1 Å². The number of fused-ring (bicyclic) bond motifs is 1. The molecule has 1 aromatic carbocycles. The first kappa shape index (κ1) is 20.6. The van der Waals surface area contributed by atoms with Gasteiger partial charge in [-0.25, -0.2) is 0 Å². The minimum absolute atomic E-state index is 0.0238. The molecule has 3 rings (SSSR count). The molecule has 2 aliphatic rings. The SMILES string of the molecule is C[C@H]1CN([C@@H](C)CO)C(=O)c2cccc(NC(=O)C3CC3)c2O[C@H]1CN(C)C. The molecule has 0 unspecified atom stereocenters. The Labute approximate surface area is 166 Å². The van der Waals surface area contributed by atoms with E-state index in [1.807, 2.05) is 21.0 Å². The predicted molar refractivity (Wildman–Crippen MR) is 108 cm³/mol. The van der Waals surface area contributed by atoms with Gasteiger partial charge >= 0.3 is 0 Å². The van der Waals surface area contributed by atoms with Gasteiger partial charge < -0.3 is 25.0 Å². The second kappa shape index (κ2) is 8.49. The quantitative estimate of drug-likeness (QED) is 0.776. The fourth-order valence-electron chi connectivity index (χ4n) is 3.50. The van der Waals surface area contributed by atoms with Crippen molar-refractivity contribution in [3.63, 3.8) is 0 Å². The molecule has 0 bridgehead atoms.